The Kier molecular flexibility index (Phi) is 4.38. The molecule has 8 nitrogen and oxygen atoms in total. The first-order valence-electron chi connectivity index (χ1n) is 6.51. The van der Waals surface area contributed by atoms with Crippen LogP contribution >= 0.6 is 0 Å². The smallest absolute Gasteiger partial charge is 0.335 e. The van der Waals surface area contributed by atoms with Crippen LogP contribution in [0, 0.1) is 0 Å². The van der Waals surface area contributed by atoms with Gasteiger partial charge in [0, 0.05) is 6.54 Å². The largest absolute Gasteiger partial charge is 0.495 e. The first-order valence-corrected chi connectivity index (χ1v) is 7.95. The second-order valence-electron chi connectivity index (χ2n) is 4.85. The van der Waals surface area contributed by atoms with Crippen LogP contribution in [0.2, 0.25) is 0 Å². The van der Waals surface area contributed by atoms with E-state index in [0.29, 0.717) is 12.8 Å². The highest BCUT2D eigenvalue weighted by Crippen LogP contribution is 2.32. The van der Waals surface area contributed by atoms with Crippen LogP contribution in [0.1, 0.15) is 23.2 Å². The molecule has 0 aromatic heterocycles. The molecule has 1 aromatic rings. The Balaban J connectivity index is 2.55. The van der Waals surface area contributed by atoms with E-state index in [1.807, 2.05) is 0 Å². The Labute approximate surface area is 127 Å². The molecule has 2 rings (SSSR count). The van der Waals surface area contributed by atoms with E-state index in [2.05, 4.69) is 0 Å². The standard InChI is InChI=1S/C13H16N2O6S/c1-21-10-5-4-8(13(17)18)7-11(10)22(19,20)15-6-2-3-9(15)12(14)16/h4-5,7,9H,2-3,6H2,1H3,(H2,14,16)(H,17,18)/t9-/m0/s1. The summed E-state index contributed by atoms with van der Waals surface area (Å²) in [5.41, 5.74) is 5.06. The van der Waals surface area contributed by atoms with E-state index >= 15 is 0 Å². The fraction of sp³-hybridized carbons (Fsp3) is 0.385. The third-order valence-corrected chi connectivity index (χ3v) is 5.46. The number of carboxylic acid groups (broad SMARTS) is 1. The lowest BCUT2D eigenvalue weighted by atomic mass is 10.2. The first-order chi connectivity index (χ1) is 10.3. The third-order valence-electron chi connectivity index (χ3n) is 3.53. The zero-order chi connectivity index (χ0) is 16.5. The van der Waals surface area contributed by atoms with Gasteiger partial charge in [0.1, 0.15) is 16.7 Å². The summed E-state index contributed by atoms with van der Waals surface area (Å²) in [4.78, 5) is 22.2. The van der Waals surface area contributed by atoms with E-state index in [-0.39, 0.29) is 22.8 Å². The predicted molar refractivity (Wildman–Crippen MR) is 76.1 cm³/mol. The molecule has 1 amide bonds. The van der Waals surface area contributed by atoms with Crippen LogP contribution in [-0.2, 0) is 14.8 Å². The number of aromatic carboxylic acids is 1. The van der Waals surface area contributed by atoms with Crippen molar-refractivity contribution in [2.45, 2.75) is 23.8 Å². The minimum Gasteiger partial charge on any atom is -0.495 e. The number of sulfonamides is 1. The molecular formula is C13H16N2O6S. The quantitative estimate of drug-likeness (QED) is 0.785. The fourth-order valence-electron chi connectivity index (χ4n) is 2.45. The highest BCUT2D eigenvalue weighted by atomic mass is 32.2. The van der Waals surface area contributed by atoms with Crippen LogP contribution in [0.3, 0.4) is 0 Å². The van der Waals surface area contributed by atoms with Crippen LogP contribution in [0.15, 0.2) is 23.1 Å². The average Bonchev–Trinajstić information content (AvgIpc) is 2.96. The van der Waals surface area contributed by atoms with Crippen molar-refractivity contribution in [3.05, 3.63) is 23.8 Å². The van der Waals surface area contributed by atoms with Crippen LogP contribution in [-0.4, -0.2) is 49.4 Å². The van der Waals surface area contributed by atoms with E-state index in [1.54, 1.807) is 0 Å². The van der Waals surface area contributed by atoms with Gasteiger partial charge in [0.2, 0.25) is 15.9 Å². The number of amides is 1. The van der Waals surface area contributed by atoms with Crippen LogP contribution < -0.4 is 10.5 Å². The van der Waals surface area contributed by atoms with Gasteiger partial charge in [-0.3, -0.25) is 4.79 Å². The molecule has 1 atom stereocenters. The van der Waals surface area contributed by atoms with Crippen molar-refractivity contribution >= 4 is 21.9 Å². The molecule has 0 spiro atoms. The molecule has 1 aliphatic rings. The van der Waals surface area contributed by atoms with E-state index in [0.717, 1.165) is 10.4 Å². The number of rotatable bonds is 5. The predicted octanol–water partition coefficient (Wildman–Crippen LogP) is 0.0318. The summed E-state index contributed by atoms with van der Waals surface area (Å²) >= 11 is 0. The maximum Gasteiger partial charge on any atom is 0.335 e. The Bertz CT molecular complexity index is 715. The van der Waals surface area contributed by atoms with E-state index in [1.165, 1.54) is 19.2 Å². The summed E-state index contributed by atoms with van der Waals surface area (Å²) in [6, 6.07) is 2.61. The lowest BCUT2D eigenvalue weighted by Gasteiger charge is -2.22. The summed E-state index contributed by atoms with van der Waals surface area (Å²) in [6.45, 7) is 0.149. The van der Waals surface area contributed by atoms with Gasteiger partial charge >= 0.3 is 5.97 Å². The molecule has 1 fully saturated rings. The minimum atomic E-state index is -4.09. The molecule has 1 heterocycles. The van der Waals surface area contributed by atoms with Crippen LogP contribution in [0.5, 0.6) is 5.75 Å². The van der Waals surface area contributed by atoms with E-state index in [9.17, 15) is 18.0 Å². The van der Waals surface area contributed by atoms with Gasteiger partial charge in [0.05, 0.1) is 12.7 Å². The SMILES string of the molecule is COc1ccc(C(=O)O)cc1S(=O)(=O)N1CCC[C@H]1C(N)=O. The number of hydrogen-bond acceptors (Lipinski definition) is 5. The number of carboxylic acids is 1. The normalized spacial score (nSPS) is 19.0. The number of primary amides is 1. The Morgan fingerprint density at radius 3 is 2.64 bits per heavy atom. The summed E-state index contributed by atoms with van der Waals surface area (Å²) in [5, 5.41) is 9.02. The number of hydrogen-bond donors (Lipinski definition) is 2. The Morgan fingerprint density at radius 2 is 2.09 bits per heavy atom. The van der Waals surface area contributed by atoms with Gasteiger partial charge in [0.15, 0.2) is 0 Å². The Morgan fingerprint density at radius 1 is 1.41 bits per heavy atom. The number of carbonyl (C=O) groups excluding carboxylic acids is 1. The first kappa shape index (κ1) is 16.2. The second-order valence-corrected chi connectivity index (χ2v) is 6.71. The molecule has 3 N–H and O–H groups in total. The molecule has 0 bridgehead atoms. The zero-order valence-corrected chi connectivity index (χ0v) is 12.7. The topological polar surface area (TPSA) is 127 Å². The summed E-state index contributed by atoms with van der Waals surface area (Å²) in [6.07, 6.45) is 0.850. The molecule has 0 radical (unpaired) electrons. The van der Waals surface area contributed by atoms with Gasteiger partial charge in [0.25, 0.3) is 0 Å². The highest BCUT2D eigenvalue weighted by molar-refractivity contribution is 7.89. The van der Waals surface area contributed by atoms with Crippen molar-refractivity contribution in [3.63, 3.8) is 0 Å². The van der Waals surface area contributed by atoms with Crippen LogP contribution in [0.4, 0.5) is 0 Å². The number of ether oxygens (including phenoxy) is 1. The minimum absolute atomic E-state index is 0.0140. The maximum atomic E-state index is 12.7. The maximum absolute atomic E-state index is 12.7. The molecule has 0 unspecified atom stereocenters. The third kappa shape index (κ3) is 2.77. The molecule has 9 heteroatoms. The lowest BCUT2D eigenvalue weighted by molar-refractivity contribution is -0.121. The van der Waals surface area contributed by atoms with Gasteiger partial charge < -0.3 is 15.6 Å². The molecular weight excluding hydrogens is 312 g/mol. The number of carbonyl (C=O) groups is 2. The highest BCUT2D eigenvalue weighted by Gasteiger charge is 2.39. The van der Waals surface area contributed by atoms with Gasteiger partial charge in [-0.25, -0.2) is 13.2 Å². The average molecular weight is 328 g/mol. The number of nitrogens with zero attached hydrogens (tertiary/aromatic N) is 1. The molecule has 0 saturated carbocycles. The number of benzene rings is 1. The van der Waals surface area contributed by atoms with Gasteiger partial charge in [-0.05, 0) is 31.0 Å². The molecule has 22 heavy (non-hydrogen) atoms. The Hall–Kier alpha value is -2.13. The molecule has 1 saturated heterocycles. The van der Waals surface area contributed by atoms with Crippen molar-refractivity contribution < 1.29 is 27.9 Å². The number of nitrogens with two attached hydrogens (primary N) is 1. The number of methoxy groups -OCH3 is 1. The van der Waals surface area contributed by atoms with Crippen molar-refractivity contribution in [1.82, 2.24) is 4.31 Å². The van der Waals surface area contributed by atoms with Crippen molar-refractivity contribution in [3.8, 4) is 5.75 Å². The fourth-order valence-corrected chi connectivity index (χ4v) is 4.30. The van der Waals surface area contributed by atoms with Crippen LogP contribution in [0.25, 0.3) is 0 Å². The second kappa shape index (κ2) is 5.93. The van der Waals surface area contributed by atoms with Crippen molar-refractivity contribution in [2.75, 3.05) is 13.7 Å². The zero-order valence-electron chi connectivity index (χ0n) is 11.9. The van der Waals surface area contributed by atoms with Gasteiger partial charge in [-0.1, -0.05) is 0 Å². The molecule has 1 aromatic carbocycles. The van der Waals surface area contributed by atoms with Crippen molar-refractivity contribution in [2.24, 2.45) is 5.73 Å². The van der Waals surface area contributed by atoms with Gasteiger partial charge in [-0.2, -0.15) is 4.31 Å². The van der Waals surface area contributed by atoms with Gasteiger partial charge in [-0.15, -0.1) is 0 Å². The summed E-state index contributed by atoms with van der Waals surface area (Å²) in [5.74, 6) is -1.97. The molecule has 1 aliphatic heterocycles. The molecule has 0 aliphatic carbocycles. The summed E-state index contributed by atoms with van der Waals surface area (Å²) < 4.78 is 31.5. The monoisotopic (exact) mass is 328 g/mol. The lowest BCUT2D eigenvalue weighted by Crippen LogP contribution is -2.43. The summed E-state index contributed by atoms with van der Waals surface area (Å²) in [7, 11) is -2.81. The van der Waals surface area contributed by atoms with Crippen molar-refractivity contribution in [1.29, 1.82) is 0 Å². The molecule has 120 valence electrons. The van der Waals surface area contributed by atoms with E-state index in [4.69, 9.17) is 15.6 Å². The van der Waals surface area contributed by atoms with E-state index < -0.39 is 27.9 Å².